The molecule has 4 N–H and O–H groups in total. The molecule has 0 heterocycles. The van der Waals surface area contributed by atoms with Gasteiger partial charge in [0.25, 0.3) is 0 Å². The predicted octanol–water partition coefficient (Wildman–Crippen LogP) is 7.38. The van der Waals surface area contributed by atoms with Crippen molar-refractivity contribution in [1.82, 2.24) is 0 Å². The number of hydrogen-bond acceptors (Lipinski definition) is 4. The summed E-state index contributed by atoms with van der Waals surface area (Å²) in [5.74, 6) is 0.680. The van der Waals surface area contributed by atoms with Crippen LogP contribution in [0.5, 0.6) is 11.5 Å². The van der Waals surface area contributed by atoms with Gasteiger partial charge in [0.1, 0.15) is 11.5 Å². The van der Waals surface area contributed by atoms with E-state index in [0.717, 1.165) is 33.6 Å². The Kier molecular flexibility index (Phi) is 7.51. The van der Waals surface area contributed by atoms with E-state index >= 15 is 0 Å². The van der Waals surface area contributed by atoms with Crippen LogP contribution in [0, 0.1) is 0 Å². The first kappa shape index (κ1) is 28.0. The van der Waals surface area contributed by atoms with Crippen molar-refractivity contribution in [2.24, 2.45) is 5.73 Å². The molecule has 190 valence electrons. The number of phenols is 2. The van der Waals surface area contributed by atoms with Crippen molar-refractivity contribution < 1.29 is 10.2 Å². The Bertz CT molecular complexity index is 945. The molecule has 0 spiro atoms. The summed E-state index contributed by atoms with van der Waals surface area (Å²) < 4.78 is 0. The third kappa shape index (κ3) is 5.54. The molecule has 34 heavy (non-hydrogen) atoms. The highest BCUT2D eigenvalue weighted by Crippen LogP contribution is 2.49. The van der Waals surface area contributed by atoms with Crippen molar-refractivity contribution in [2.75, 3.05) is 18.0 Å². The molecule has 0 radical (unpaired) electrons. The average molecular weight is 469 g/mol. The zero-order chi connectivity index (χ0) is 26.4. The average Bonchev–Trinajstić information content (AvgIpc) is 2.61. The highest BCUT2D eigenvalue weighted by Gasteiger charge is 2.34. The number of nitrogens with zero attached hydrogens (tertiary/aromatic N) is 1. The summed E-state index contributed by atoms with van der Waals surface area (Å²) in [7, 11) is 0. The molecule has 2 aromatic rings. The Morgan fingerprint density at radius 3 is 1.15 bits per heavy atom. The molecule has 0 atom stereocenters. The second-order valence-electron chi connectivity index (χ2n) is 13.7. The van der Waals surface area contributed by atoms with Gasteiger partial charge in [-0.1, -0.05) is 95.2 Å². The van der Waals surface area contributed by atoms with Gasteiger partial charge in [-0.25, -0.2) is 0 Å². The lowest BCUT2D eigenvalue weighted by Gasteiger charge is -2.38. The zero-order valence-electron chi connectivity index (χ0n) is 23.6. The molecular formula is C30H48N2O2. The van der Waals surface area contributed by atoms with E-state index in [0.29, 0.717) is 24.6 Å². The van der Waals surface area contributed by atoms with Gasteiger partial charge >= 0.3 is 0 Å². The number of aromatic hydroxyl groups is 2. The smallest absolute Gasteiger partial charge is 0.125 e. The number of benzene rings is 2. The Hall–Kier alpha value is -2.20. The molecule has 2 rings (SSSR count). The van der Waals surface area contributed by atoms with Gasteiger partial charge in [-0.15, -0.1) is 0 Å². The van der Waals surface area contributed by atoms with Gasteiger partial charge in [-0.3, -0.25) is 0 Å². The van der Waals surface area contributed by atoms with Crippen molar-refractivity contribution in [3.8, 4) is 11.5 Å². The minimum Gasteiger partial charge on any atom is -0.507 e. The van der Waals surface area contributed by atoms with Crippen LogP contribution in [0.4, 0.5) is 11.4 Å². The first-order chi connectivity index (χ1) is 15.2. The molecule has 4 nitrogen and oxygen atoms in total. The lowest BCUT2D eigenvalue weighted by atomic mass is 9.77. The van der Waals surface area contributed by atoms with E-state index in [4.69, 9.17) is 5.73 Å². The first-order valence-corrected chi connectivity index (χ1v) is 12.4. The van der Waals surface area contributed by atoms with Gasteiger partial charge in [0, 0.05) is 35.6 Å². The molecule has 0 saturated heterocycles. The van der Waals surface area contributed by atoms with Gasteiger partial charge in [-0.2, -0.15) is 0 Å². The van der Waals surface area contributed by atoms with Crippen molar-refractivity contribution in [1.29, 1.82) is 0 Å². The van der Waals surface area contributed by atoms with Gasteiger partial charge in [0.15, 0.2) is 0 Å². The third-order valence-corrected chi connectivity index (χ3v) is 6.36. The lowest BCUT2D eigenvalue weighted by Crippen LogP contribution is -2.31. The van der Waals surface area contributed by atoms with E-state index in [9.17, 15) is 10.2 Å². The Balaban J connectivity index is 2.98. The maximum Gasteiger partial charge on any atom is 0.125 e. The highest BCUT2D eigenvalue weighted by molar-refractivity contribution is 5.77. The van der Waals surface area contributed by atoms with Crippen LogP contribution in [0.1, 0.15) is 105 Å². The number of hydrogen-bond donors (Lipinski definition) is 3. The first-order valence-electron chi connectivity index (χ1n) is 12.4. The van der Waals surface area contributed by atoms with Crippen LogP contribution in [-0.2, 0) is 21.7 Å². The zero-order valence-corrected chi connectivity index (χ0v) is 23.6. The van der Waals surface area contributed by atoms with Crippen LogP contribution in [0.25, 0.3) is 0 Å². The van der Waals surface area contributed by atoms with E-state index in [1.165, 1.54) is 0 Å². The van der Waals surface area contributed by atoms with Crippen molar-refractivity contribution in [3.05, 3.63) is 46.5 Å². The molecule has 0 saturated carbocycles. The molecule has 0 aliphatic heterocycles. The molecule has 0 unspecified atom stereocenters. The van der Waals surface area contributed by atoms with E-state index in [2.05, 4.69) is 100 Å². The highest BCUT2D eigenvalue weighted by atomic mass is 16.3. The summed E-state index contributed by atoms with van der Waals surface area (Å²) in [6.45, 7) is 26.5. The van der Waals surface area contributed by atoms with Crippen LogP contribution in [0.15, 0.2) is 24.3 Å². The summed E-state index contributed by atoms with van der Waals surface area (Å²) in [6, 6.07) is 8.28. The van der Waals surface area contributed by atoms with Crippen molar-refractivity contribution >= 4 is 11.4 Å². The molecule has 0 aliphatic rings. The molecule has 0 bridgehead atoms. The van der Waals surface area contributed by atoms with Crippen LogP contribution >= 0.6 is 0 Å². The predicted molar refractivity (Wildman–Crippen MR) is 147 cm³/mol. The molecule has 0 amide bonds. The van der Waals surface area contributed by atoms with E-state index in [1.807, 2.05) is 12.1 Å². The van der Waals surface area contributed by atoms with Crippen LogP contribution < -0.4 is 10.6 Å². The minimum absolute atomic E-state index is 0.190. The summed E-state index contributed by atoms with van der Waals surface area (Å²) in [5.41, 5.74) is 10.6. The fraction of sp³-hybridized carbons (Fsp3) is 0.600. The summed E-state index contributed by atoms with van der Waals surface area (Å²) in [4.78, 5) is 2.18. The minimum atomic E-state index is -0.303. The molecule has 0 fully saturated rings. The number of nitrogens with two attached hydrogens (primary N) is 1. The fourth-order valence-electron chi connectivity index (χ4n) is 4.80. The Labute approximate surface area is 208 Å². The second kappa shape index (κ2) is 9.11. The standard InChI is InChI=1S/C30H48N2O2/c1-27(2,3)19-13-15-21(23(25(19)33)29(7,8)9)32(18-17-31)22-16-14-20(28(4,5)6)26(34)24(22)30(10,11)12/h13-16,33-34H,17-18,31H2,1-12H3. The van der Waals surface area contributed by atoms with Gasteiger partial charge < -0.3 is 20.8 Å². The van der Waals surface area contributed by atoms with E-state index < -0.39 is 0 Å². The Morgan fingerprint density at radius 1 is 0.588 bits per heavy atom. The molecule has 4 heteroatoms. The topological polar surface area (TPSA) is 69.7 Å². The molecule has 0 aliphatic carbocycles. The number of anilines is 2. The third-order valence-electron chi connectivity index (χ3n) is 6.36. The molecule has 2 aromatic carbocycles. The van der Waals surface area contributed by atoms with E-state index in [1.54, 1.807) is 0 Å². The largest absolute Gasteiger partial charge is 0.507 e. The van der Waals surface area contributed by atoms with Crippen LogP contribution in [-0.4, -0.2) is 23.3 Å². The summed E-state index contributed by atoms with van der Waals surface area (Å²) in [6.07, 6.45) is 0. The number of phenolic OH excluding ortho intramolecular Hbond substituents is 2. The van der Waals surface area contributed by atoms with Crippen LogP contribution in [0.2, 0.25) is 0 Å². The maximum atomic E-state index is 11.5. The normalized spacial score (nSPS) is 13.3. The summed E-state index contributed by atoms with van der Waals surface area (Å²) in [5, 5.41) is 23.1. The maximum absolute atomic E-state index is 11.5. The number of rotatable bonds is 4. The quantitative estimate of drug-likeness (QED) is 0.438. The SMILES string of the molecule is CC(C)(C)c1ccc(N(CCN)c2ccc(C(C)(C)C)c(O)c2C(C)(C)C)c(C(C)(C)C)c1O. The van der Waals surface area contributed by atoms with Gasteiger partial charge in [0.05, 0.1) is 0 Å². The summed E-state index contributed by atoms with van der Waals surface area (Å²) >= 11 is 0. The Morgan fingerprint density at radius 2 is 0.912 bits per heavy atom. The van der Waals surface area contributed by atoms with Gasteiger partial charge in [-0.05, 0) is 44.9 Å². The van der Waals surface area contributed by atoms with Crippen LogP contribution in [0.3, 0.4) is 0 Å². The van der Waals surface area contributed by atoms with Crippen molar-refractivity contribution in [2.45, 2.75) is 105 Å². The van der Waals surface area contributed by atoms with Gasteiger partial charge in [0.2, 0.25) is 0 Å². The monoisotopic (exact) mass is 468 g/mol. The fourth-order valence-corrected chi connectivity index (χ4v) is 4.80. The van der Waals surface area contributed by atoms with E-state index in [-0.39, 0.29) is 21.7 Å². The second-order valence-corrected chi connectivity index (χ2v) is 13.7. The molecule has 0 aromatic heterocycles. The van der Waals surface area contributed by atoms with Crippen molar-refractivity contribution in [3.63, 3.8) is 0 Å². The molecular weight excluding hydrogens is 420 g/mol. The lowest BCUT2D eigenvalue weighted by molar-refractivity contribution is 0.423.